The van der Waals surface area contributed by atoms with Crippen LogP contribution in [0, 0.1) is 5.82 Å². The molecule has 10 heteroatoms. The first-order chi connectivity index (χ1) is 17.2. The Labute approximate surface area is 203 Å². The summed E-state index contributed by atoms with van der Waals surface area (Å²) in [6, 6.07) is 18.6. The highest BCUT2D eigenvalue weighted by atomic mass is 19.4. The Balaban J connectivity index is 1.22. The third-order valence-corrected chi connectivity index (χ3v) is 6.09. The number of hydrogen-bond donors (Lipinski definition) is 2. The first-order valence-electron chi connectivity index (χ1n) is 11.1. The standard InChI is InChI=1S/C26H20F4N4O2/c27-20-12-16(18-8-9-22(31-15-18)32-19-4-2-1-3-5-19)6-7-17(20)13-24(35)33-23-14-21(36-34-23)25(10-11-25)26(28,29)30/h1-9,12,14-15H,10-11,13H2,(H,31,32)(H,33,34,35). The summed E-state index contributed by atoms with van der Waals surface area (Å²) < 4.78 is 59.2. The maximum Gasteiger partial charge on any atom is 0.401 e. The third kappa shape index (κ3) is 4.79. The Morgan fingerprint density at radius 2 is 1.72 bits per heavy atom. The molecule has 0 radical (unpaired) electrons. The minimum atomic E-state index is -4.45. The van der Waals surface area contributed by atoms with Gasteiger partial charge in [0.1, 0.15) is 17.1 Å². The number of aromatic nitrogens is 2. The number of halogens is 4. The van der Waals surface area contributed by atoms with Crippen LogP contribution in [0.25, 0.3) is 11.1 Å². The van der Waals surface area contributed by atoms with E-state index >= 15 is 0 Å². The molecule has 36 heavy (non-hydrogen) atoms. The molecular weight excluding hydrogens is 476 g/mol. The molecule has 0 saturated heterocycles. The molecule has 1 fully saturated rings. The number of nitrogens with zero attached hydrogens (tertiary/aromatic N) is 2. The highest BCUT2D eigenvalue weighted by Gasteiger charge is 2.66. The van der Waals surface area contributed by atoms with E-state index in [0.29, 0.717) is 16.9 Å². The molecule has 0 bridgehead atoms. The lowest BCUT2D eigenvalue weighted by Crippen LogP contribution is -2.28. The number of carbonyl (C=O) groups is 1. The summed E-state index contributed by atoms with van der Waals surface area (Å²) in [6.45, 7) is 0. The summed E-state index contributed by atoms with van der Waals surface area (Å²) in [5, 5.41) is 9.05. The molecule has 1 saturated carbocycles. The third-order valence-electron chi connectivity index (χ3n) is 6.09. The number of para-hydroxylation sites is 1. The summed E-state index contributed by atoms with van der Waals surface area (Å²) in [6.07, 6.45) is -3.33. The van der Waals surface area contributed by atoms with Crippen LogP contribution < -0.4 is 10.6 Å². The first-order valence-corrected chi connectivity index (χ1v) is 11.1. The molecule has 2 aromatic heterocycles. The van der Waals surface area contributed by atoms with E-state index in [-0.39, 0.29) is 36.4 Å². The van der Waals surface area contributed by atoms with E-state index in [9.17, 15) is 22.4 Å². The predicted octanol–water partition coefficient (Wildman–Crippen LogP) is 6.39. The molecular formula is C26H20F4N4O2. The number of alkyl halides is 3. The zero-order chi connectivity index (χ0) is 25.3. The monoisotopic (exact) mass is 496 g/mol. The van der Waals surface area contributed by atoms with E-state index in [1.807, 2.05) is 30.3 Å². The van der Waals surface area contributed by atoms with Gasteiger partial charge >= 0.3 is 6.18 Å². The van der Waals surface area contributed by atoms with Gasteiger partial charge in [0.15, 0.2) is 11.6 Å². The van der Waals surface area contributed by atoms with Gasteiger partial charge in [-0.25, -0.2) is 9.37 Å². The van der Waals surface area contributed by atoms with Crippen LogP contribution >= 0.6 is 0 Å². The van der Waals surface area contributed by atoms with Crippen molar-refractivity contribution < 1.29 is 26.9 Å². The van der Waals surface area contributed by atoms with Crippen molar-refractivity contribution >= 4 is 23.2 Å². The van der Waals surface area contributed by atoms with Crippen LogP contribution in [0.15, 0.2) is 77.4 Å². The zero-order valence-electron chi connectivity index (χ0n) is 18.8. The largest absolute Gasteiger partial charge is 0.401 e. The van der Waals surface area contributed by atoms with Crippen LogP contribution in [0.4, 0.5) is 34.9 Å². The van der Waals surface area contributed by atoms with Crippen LogP contribution in [0.2, 0.25) is 0 Å². The molecule has 2 aromatic carbocycles. The molecule has 0 atom stereocenters. The number of anilines is 3. The lowest BCUT2D eigenvalue weighted by molar-refractivity contribution is -0.165. The highest BCUT2D eigenvalue weighted by molar-refractivity contribution is 5.91. The number of amides is 1. The van der Waals surface area contributed by atoms with Crippen molar-refractivity contribution in [1.82, 2.24) is 10.1 Å². The quantitative estimate of drug-likeness (QED) is 0.290. The number of carbonyl (C=O) groups excluding carboxylic acids is 1. The summed E-state index contributed by atoms with van der Waals surface area (Å²) in [4.78, 5) is 16.7. The van der Waals surface area contributed by atoms with Crippen molar-refractivity contribution in [2.45, 2.75) is 30.9 Å². The molecule has 184 valence electrons. The summed E-state index contributed by atoms with van der Waals surface area (Å²) in [5.74, 6) is -1.06. The summed E-state index contributed by atoms with van der Waals surface area (Å²) >= 11 is 0. The van der Waals surface area contributed by atoms with Gasteiger partial charge in [0.05, 0.1) is 6.42 Å². The van der Waals surface area contributed by atoms with E-state index in [2.05, 4.69) is 20.8 Å². The molecule has 0 spiro atoms. The van der Waals surface area contributed by atoms with Gasteiger partial charge in [0.2, 0.25) is 5.91 Å². The lowest BCUT2D eigenvalue weighted by Gasteiger charge is -2.14. The average Bonchev–Trinajstić information content (AvgIpc) is 3.55. The molecule has 0 unspecified atom stereocenters. The van der Waals surface area contributed by atoms with E-state index in [0.717, 1.165) is 11.8 Å². The predicted molar refractivity (Wildman–Crippen MR) is 125 cm³/mol. The topological polar surface area (TPSA) is 80.0 Å². The van der Waals surface area contributed by atoms with Crippen molar-refractivity contribution in [2.75, 3.05) is 10.6 Å². The number of nitrogens with one attached hydrogen (secondary N) is 2. The number of pyridine rings is 1. The fraction of sp³-hybridized carbons (Fsp3) is 0.192. The van der Waals surface area contributed by atoms with Gasteiger partial charge in [-0.05, 0) is 54.3 Å². The Morgan fingerprint density at radius 3 is 2.36 bits per heavy atom. The van der Waals surface area contributed by atoms with Gasteiger partial charge in [0, 0.05) is 23.5 Å². The van der Waals surface area contributed by atoms with E-state index in [1.54, 1.807) is 24.4 Å². The first kappa shape index (κ1) is 23.5. The highest BCUT2D eigenvalue weighted by Crippen LogP contribution is 2.59. The average molecular weight is 496 g/mol. The van der Waals surface area contributed by atoms with Gasteiger partial charge in [-0.15, -0.1) is 0 Å². The van der Waals surface area contributed by atoms with Gasteiger partial charge in [0.25, 0.3) is 0 Å². The van der Waals surface area contributed by atoms with Gasteiger partial charge < -0.3 is 15.2 Å². The second kappa shape index (κ2) is 9.10. The molecule has 2 heterocycles. The molecule has 1 aliphatic carbocycles. The van der Waals surface area contributed by atoms with Crippen molar-refractivity contribution in [3.8, 4) is 11.1 Å². The van der Waals surface area contributed by atoms with E-state index in [4.69, 9.17) is 4.52 Å². The van der Waals surface area contributed by atoms with Crippen LogP contribution in [-0.4, -0.2) is 22.2 Å². The molecule has 6 nitrogen and oxygen atoms in total. The van der Waals surface area contributed by atoms with Crippen LogP contribution in [0.5, 0.6) is 0 Å². The van der Waals surface area contributed by atoms with Crippen LogP contribution in [0.3, 0.4) is 0 Å². The Kier molecular flexibility index (Phi) is 5.95. The molecule has 2 N–H and O–H groups in total. The lowest BCUT2D eigenvalue weighted by atomic mass is 10.0. The van der Waals surface area contributed by atoms with E-state index < -0.39 is 23.3 Å². The summed E-state index contributed by atoms with van der Waals surface area (Å²) in [5.41, 5.74) is 0.260. The second-order valence-corrected chi connectivity index (χ2v) is 8.61. The minimum absolute atomic E-state index is 0.0849. The van der Waals surface area contributed by atoms with Crippen molar-refractivity contribution in [1.29, 1.82) is 0 Å². The SMILES string of the molecule is O=C(Cc1ccc(-c2ccc(Nc3ccccc3)nc2)cc1F)Nc1cc(C2(C(F)(F)F)CC2)on1. The fourth-order valence-electron chi connectivity index (χ4n) is 3.89. The van der Waals surface area contributed by atoms with Gasteiger partial charge in [-0.2, -0.15) is 13.2 Å². The Hall–Kier alpha value is -4.21. The Morgan fingerprint density at radius 1 is 0.972 bits per heavy atom. The fourth-order valence-corrected chi connectivity index (χ4v) is 3.89. The Bertz CT molecular complexity index is 1380. The zero-order valence-corrected chi connectivity index (χ0v) is 18.8. The molecule has 5 rings (SSSR count). The molecule has 4 aromatic rings. The van der Waals surface area contributed by atoms with Crippen LogP contribution in [-0.2, 0) is 16.6 Å². The summed E-state index contributed by atoms with van der Waals surface area (Å²) in [7, 11) is 0. The minimum Gasteiger partial charge on any atom is -0.358 e. The number of benzene rings is 2. The number of rotatable bonds is 7. The normalized spacial score (nSPS) is 14.3. The second-order valence-electron chi connectivity index (χ2n) is 8.61. The van der Waals surface area contributed by atoms with Gasteiger partial charge in [-0.3, -0.25) is 4.79 Å². The van der Waals surface area contributed by atoms with Crippen molar-refractivity contribution in [3.05, 3.63) is 90.1 Å². The molecule has 1 aliphatic rings. The van der Waals surface area contributed by atoms with Crippen molar-refractivity contribution in [3.63, 3.8) is 0 Å². The van der Waals surface area contributed by atoms with Crippen LogP contribution in [0.1, 0.15) is 24.2 Å². The smallest absolute Gasteiger partial charge is 0.358 e. The molecule has 1 amide bonds. The maximum atomic E-state index is 14.7. The molecule has 0 aliphatic heterocycles. The maximum absolute atomic E-state index is 14.7. The number of hydrogen-bond acceptors (Lipinski definition) is 5. The van der Waals surface area contributed by atoms with Crippen molar-refractivity contribution in [2.24, 2.45) is 0 Å². The van der Waals surface area contributed by atoms with E-state index in [1.165, 1.54) is 12.1 Å². The van der Waals surface area contributed by atoms with Gasteiger partial charge in [-0.1, -0.05) is 35.5 Å².